The molecule has 0 aliphatic carbocycles. The molecule has 0 fully saturated rings. The normalized spacial score (nSPS) is 11.1. The number of carbonyl (C=O) groups excluding carboxylic acids is 2. The molecule has 2 N–H and O–H groups in total. The zero-order valence-corrected chi connectivity index (χ0v) is 15.9. The van der Waals surface area contributed by atoms with Gasteiger partial charge < -0.3 is 10.6 Å². The van der Waals surface area contributed by atoms with Crippen molar-refractivity contribution in [3.8, 4) is 0 Å². The Balaban J connectivity index is 2.15. The largest absolute Gasteiger partial charge is 0.325 e. The zero-order valence-electron chi connectivity index (χ0n) is 15.2. The summed E-state index contributed by atoms with van der Waals surface area (Å²) in [7, 11) is 0. The third-order valence-electron chi connectivity index (χ3n) is 4.42. The third kappa shape index (κ3) is 4.20. The van der Waals surface area contributed by atoms with E-state index in [9.17, 15) is 9.59 Å². The van der Waals surface area contributed by atoms with Gasteiger partial charge >= 0.3 is 0 Å². The average Bonchev–Trinajstić information content (AvgIpc) is 2.55. The number of hydrogen-bond acceptors (Lipinski definition) is 2. The van der Waals surface area contributed by atoms with Crippen LogP contribution in [0.5, 0.6) is 0 Å². The lowest BCUT2D eigenvalue weighted by atomic mass is 9.90. The number of hydrogen-bond donors (Lipinski definition) is 2. The molecule has 2 aromatic rings. The number of rotatable bonds is 4. The minimum Gasteiger partial charge on any atom is -0.325 e. The SMILES string of the molecule is Cc1ccc(NC(=O)C(C)(C)C(=O)Nc2cccc(Cl)c2C)cc1C. The number of nitrogens with one attached hydrogen (secondary N) is 2. The van der Waals surface area contributed by atoms with Gasteiger partial charge in [-0.3, -0.25) is 9.59 Å². The molecule has 0 unspecified atom stereocenters. The van der Waals surface area contributed by atoms with Gasteiger partial charge in [-0.25, -0.2) is 0 Å². The first-order chi connectivity index (χ1) is 11.6. The van der Waals surface area contributed by atoms with Gasteiger partial charge in [0.15, 0.2) is 0 Å². The summed E-state index contributed by atoms with van der Waals surface area (Å²) in [6.07, 6.45) is 0. The van der Waals surface area contributed by atoms with Crippen LogP contribution in [-0.4, -0.2) is 11.8 Å². The highest BCUT2D eigenvalue weighted by Gasteiger charge is 2.36. The van der Waals surface area contributed by atoms with Crippen LogP contribution in [0.2, 0.25) is 5.02 Å². The molecule has 0 heterocycles. The van der Waals surface area contributed by atoms with Gasteiger partial charge in [0.1, 0.15) is 5.41 Å². The molecule has 0 aliphatic heterocycles. The number of halogens is 1. The van der Waals surface area contributed by atoms with E-state index >= 15 is 0 Å². The molecule has 132 valence electrons. The van der Waals surface area contributed by atoms with E-state index < -0.39 is 5.41 Å². The Morgan fingerprint density at radius 1 is 0.920 bits per heavy atom. The van der Waals surface area contributed by atoms with Gasteiger partial charge in [0, 0.05) is 16.4 Å². The average molecular weight is 359 g/mol. The number of anilines is 2. The summed E-state index contributed by atoms with van der Waals surface area (Å²) in [6.45, 7) is 8.99. The van der Waals surface area contributed by atoms with Gasteiger partial charge in [0.2, 0.25) is 11.8 Å². The molecule has 2 rings (SSSR count). The monoisotopic (exact) mass is 358 g/mol. The molecule has 2 amide bonds. The lowest BCUT2D eigenvalue weighted by molar-refractivity contribution is -0.135. The minimum absolute atomic E-state index is 0.368. The van der Waals surface area contributed by atoms with Crippen LogP contribution >= 0.6 is 11.6 Å². The number of carbonyl (C=O) groups is 2. The molecule has 0 saturated carbocycles. The van der Waals surface area contributed by atoms with Crippen molar-refractivity contribution >= 4 is 34.8 Å². The summed E-state index contributed by atoms with van der Waals surface area (Å²) in [4.78, 5) is 25.3. The number of aryl methyl sites for hydroxylation is 2. The molecule has 0 atom stereocenters. The van der Waals surface area contributed by atoms with Crippen molar-refractivity contribution in [2.75, 3.05) is 10.6 Å². The topological polar surface area (TPSA) is 58.2 Å². The fourth-order valence-electron chi connectivity index (χ4n) is 2.23. The van der Waals surface area contributed by atoms with E-state index in [0.717, 1.165) is 16.7 Å². The zero-order chi connectivity index (χ0) is 18.8. The second-order valence-electron chi connectivity index (χ2n) is 6.74. The molecular weight excluding hydrogens is 336 g/mol. The summed E-state index contributed by atoms with van der Waals surface area (Å²) < 4.78 is 0. The van der Waals surface area contributed by atoms with Gasteiger partial charge in [-0.2, -0.15) is 0 Å². The molecular formula is C20H23ClN2O2. The van der Waals surface area contributed by atoms with Crippen LogP contribution in [0.1, 0.15) is 30.5 Å². The van der Waals surface area contributed by atoms with Crippen LogP contribution in [0.4, 0.5) is 11.4 Å². The Hall–Kier alpha value is -2.33. The smallest absolute Gasteiger partial charge is 0.239 e. The molecule has 0 aliphatic rings. The molecule has 4 nitrogen and oxygen atoms in total. The van der Waals surface area contributed by atoms with E-state index in [1.807, 2.05) is 39.0 Å². The van der Waals surface area contributed by atoms with Gasteiger partial charge in [-0.15, -0.1) is 0 Å². The number of benzene rings is 2. The highest BCUT2D eigenvalue weighted by Crippen LogP contribution is 2.26. The van der Waals surface area contributed by atoms with Crippen LogP contribution in [0.15, 0.2) is 36.4 Å². The molecule has 5 heteroatoms. The van der Waals surface area contributed by atoms with Gasteiger partial charge in [0.25, 0.3) is 0 Å². The van der Waals surface area contributed by atoms with Crippen molar-refractivity contribution in [3.05, 3.63) is 58.1 Å². The first-order valence-corrected chi connectivity index (χ1v) is 8.46. The first kappa shape index (κ1) is 19.0. The van der Waals surface area contributed by atoms with Gasteiger partial charge in [-0.05, 0) is 75.6 Å². The maximum absolute atomic E-state index is 12.6. The van der Waals surface area contributed by atoms with Crippen LogP contribution in [0.3, 0.4) is 0 Å². The Bertz CT molecular complexity index is 828. The summed E-state index contributed by atoms with van der Waals surface area (Å²) >= 11 is 6.08. The van der Waals surface area contributed by atoms with Crippen LogP contribution in [0, 0.1) is 26.2 Å². The van der Waals surface area contributed by atoms with Crippen molar-refractivity contribution in [2.24, 2.45) is 5.41 Å². The Kier molecular flexibility index (Phi) is 5.53. The summed E-state index contributed by atoms with van der Waals surface area (Å²) in [5.41, 5.74) is 3.02. The van der Waals surface area contributed by atoms with Crippen molar-refractivity contribution < 1.29 is 9.59 Å². The third-order valence-corrected chi connectivity index (χ3v) is 4.83. The lowest BCUT2D eigenvalue weighted by Crippen LogP contribution is -2.41. The Morgan fingerprint density at radius 2 is 1.56 bits per heavy atom. The number of amides is 2. The maximum atomic E-state index is 12.6. The molecule has 0 bridgehead atoms. The highest BCUT2D eigenvalue weighted by molar-refractivity contribution is 6.31. The van der Waals surface area contributed by atoms with E-state index in [2.05, 4.69) is 10.6 Å². The second kappa shape index (κ2) is 7.28. The lowest BCUT2D eigenvalue weighted by Gasteiger charge is -2.23. The van der Waals surface area contributed by atoms with Crippen molar-refractivity contribution in [1.82, 2.24) is 0 Å². The fourth-order valence-corrected chi connectivity index (χ4v) is 2.41. The van der Waals surface area contributed by atoms with Gasteiger partial charge in [0.05, 0.1) is 0 Å². The van der Waals surface area contributed by atoms with E-state index in [4.69, 9.17) is 11.6 Å². The Labute approximate surface area is 153 Å². The van der Waals surface area contributed by atoms with Crippen LogP contribution in [-0.2, 0) is 9.59 Å². The Morgan fingerprint density at radius 3 is 2.20 bits per heavy atom. The van der Waals surface area contributed by atoms with Gasteiger partial charge in [-0.1, -0.05) is 23.7 Å². The van der Waals surface area contributed by atoms with E-state index in [1.165, 1.54) is 0 Å². The fraction of sp³-hybridized carbons (Fsp3) is 0.300. The molecule has 0 radical (unpaired) electrons. The first-order valence-electron chi connectivity index (χ1n) is 8.08. The molecule has 2 aromatic carbocycles. The molecule has 25 heavy (non-hydrogen) atoms. The van der Waals surface area contributed by atoms with E-state index in [-0.39, 0.29) is 11.8 Å². The van der Waals surface area contributed by atoms with E-state index in [1.54, 1.807) is 32.0 Å². The van der Waals surface area contributed by atoms with E-state index in [0.29, 0.717) is 16.4 Å². The van der Waals surface area contributed by atoms with Crippen LogP contribution < -0.4 is 10.6 Å². The summed E-state index contributed by atoms with van der Waals surface area (Å²) in [5.74, 6) is -0.757. The second-order valence-corrected chi connectivity index (χ2v) is 7.15. The molecule has 0 spiro atoms. The molecule has 0 saturated heterocycles. The summed E-state index contributed by atoms with van der Waals surface area (Å²) in [5, 5.41) is 6.18. The van der Waals surface area contributed by atoms with Crippen LogP contribution in [0.25, 0.3) is 0 Å². The minimum atomic E-state index is -1.24. The highest BCUT2D eigenvalue weighted by atomic mass is 35.5. The summed E-state index contributed by atoms with van der Waals surface area (Å²) in [6, 6.07) is 10.9. The quantitative estimate of drug-likeness (QED) is 0.766. The maximum Gasteiger partial charge on any atom is 0.239 e. The molecule has 0 aromatic heterocycles. The van der Waals surface area contributed by atoms with Crippen molar-refractivity contribution in [3.63, 3.8) is 0 Å². The predicted molar refractivity (Wildman–Crippen MR) is 103 cm³/mol. The standard InChI is InChI=1S/C20H23ClN2O2/c1-12-9-10-15(11-13(12)2)22-18(24)20(4,5)19(25)23-17-8-6-7-16(21)14(17)3/h6-11H,1-5H3,(H,22,24)(H,23,25). The predicted octanol–water partition coefficient (Wildman–Crippen LogP) is 4.87. The van der Waals surface area contributed by atoms with Crippen molar-refractivity contribution in [2.45, 2.75) is 34.6 Å². The van der Waals surface area contributed by atoms with Crippen molar-refractivity contribution in [1.29, 1.82) is 0 Å².